The summed E-state index contributed by atoms with van der Waals surface area (Å²) in [6, 6.07) is 12.9. The quantitative estimate of drug-likeness (QED) is 0.675. The summed E-state index contributed by atoms with van der Waals surface area (Å²) in [7, 11) is 1.57. The summed E-state index contributed by atoms with van der Waals surface area (Å²) in [4.78, 5) is 26.7. The molecule has 28 heavy (non-hydrogen) atoms. The van der Waals surface area contributed by atoms with Gasteiger partial charge in [0.2, 0.25) is 11.8 Å². The summed E-state index contributed by atoms with van der Waals surface area (Å²) in [5, 5.41) is 3.50. The molecule has 2 rings (SSSR count). The van der Waals surface area contributed by atoms with Crippen LogP contribution < -0.4 is 5.32 Å². The average molecular weight is 421 g/mol. The second kappa shape index (κ2) is 10.5. The number of hydrogen-bond acceptors (Lipinski definition) is 2. The number of rotatable bonds is 8. The van der Waals surface area contributed by atoms with Crippen molar-refractivity contribution in [2.75, 3.05) is 7.05 Å². The van der Waals surface area contributed by atoms with Crippen molar-refractivity contribution in [3.05, 3.63) is 69.2 Å². The normalized spacial score (nSPS) is 11.8. The number of halogens is 2. The molecule has 0 spiro atoms. The molecule has 2 aromatic rings. The fourth-order valence-corrected chi connectivity index (χ4v) is 3.28. The molecule has 2 aromatic carbocycles. The molecule has 0 aliphatic heterocycles. The molecule has 0 saturated heterocycles. The first kappa shape index (κ1) is 22.3. The first-order valence-corrected chi connectivity index (χ1v) is 10.1. The Morgan fingerprint density at radius 2 is 1.61 bits per heavy atom. The van der Waals surface area contributed by atoms with E-state index in [9.17, 15) is 9.59 Å². The van der Waals surface area contributed by atoms with Crippen LogP contribution in [0, 0.1) is 0 Å². The van der Waals surface area contributed by atoms with Crippen molar-refractivity contribution in [3.8, 4) is 0 Å². The van der Waals surface area contributed by atoms with E-state index >= 15 is 0 Å². The molecule has 4 nitrogen and oxygen atoms in total. The number of aryl methyl sites for hydroxylation is 2. The van der Waals surface area contributed by atoms with Gasteiger partial charge in [0.1, 0.15) is 6.04 Å². The van der Waals surface area contributed by atoms with E-state index in [1.807, 2.05) is 6.07 Å². The Bertz CT molecular complexity index is 822. The summed E-state index contributed by atoms with van der Waals surface area (Å²) in [5.41, 5.74) is 3.20. The highest BCUT2D eigenvalue weighted by Crippen LogP contribution is 2.24. The van der Waals surface area contributed by atoms with Gasteiger partial charge >= 0.3 is 0 Å². The van der Waals surface area contributed by atoms with Crippen LogP contribution in [0.3, 0.4) is 0 Å². The van der Waals surface area contributed by atoms with Crippen molar-refractivity contribution in [2.45, 2.75) is 45.7 Å². The van der Waals surface area contributed by atoms with E-state index < -0.39 is 6.04 Å². The Balaban J connectivity index is 2.13. The first-order chi connectivity index (χ1) is 13.3. The van der Waals surface area contributed by atoms with E-state index in [1.165, 1.54) is 5.56 Å². The van der Waals surface area contributed by atoms with E-state index in [4.69, 9.17) is 23.2 Å². The molecule has 1 N–H and O–H groups in total. The predicted molar refractivity (Wildman–Crippen MR) is 115 cm³/mol. The van der Waals surface area contributed by atoms with Crippen molar-refractivity contribution in [3.63, 3.8) is 0 Å². The zero-order chi connectivity index (χ0) is 20.7. The highest BCUT2D eigenvalue weighted by Gasteiger charge is 2.25. The maximum absolute atomic E-state index is 12.9. The fourth-order valence-electron chi connectivity index (χ4n) is 2.96. The molecule has 0 aliphatic carbocycles. The number of likely N-dealkylation sites (N-methyl/N-ethyl adjacent to an activating group) is 1. The zero-order valence-corrected chi connectivity index (χ0v) is 18.0. The minimum Gasteiger partial charge on any atom is -0.357 e. The summed E-state index contributed by atoms with van der Waals surface area (Å²) in [6.45, 7) is 4.13. The summed E-state index contributed by atoms with van der Waals surface area (Å²) in [6.07, 6.45) is 1.94. The van der Waals surface area contributed by atoms with Crippen LogP contribution in [0.15, 0.2) is 42.5 Å². The first-order valence-electron chi connectivity index (χ1n) is 9.38. The van der Waals surface area contributed by atoms with Crippen LogP contribution in [0.25, 0.3) is 0 Å². The van der Waals surface area contributed by atoms with Crippen LogP contribution in [0.5, 0.6) is 0 Å². The van der Waals surface area contributed by atoms with Crippen molar-refractivity contribution < 1.29 is 9.59 Å². The second-order valence-corrected chi connectivity index (χ2v) is 7.54. The summed E-state index contributed by atoms with van der Waals surface area (Å²) < 4.78 is 0. The number of benzene rings is 2. The van der Waals surface area contributed by atoms with E-state index in [0.717, 1.165) is 17.5 Å². The molecule has 0 radical (unpaired) electrons. The van der Waals surface area contributed by atoms with Gasteiger partial charge in [-0.25, -0.2) is 0 Å². The van der Waals surface area contributed by atoms with Gasteiger partial charge in [0.05, 0.1) is 10.0 Å². The molecule has 0 unspecified atom stereocenters. The minimum absolute atomic E-state index is 0.0817. The molecular weight excluding hydrogens is 395 g/mol. The molecule has 0 aliphatic rings. The number of hydrogen-bond donors (Lipinski definition) is 1. The third-order valence-corrected chi connectivity index (χ3v) is 5.55. The number of carbonyl (C=O) groups is 2. The Labute approximate surface area is 176 Å². The summed E-state index contributed by atoms with van der Waals surface area (Å²) in [5.74, 6) is -0.289. The van der Waals surface area contributed by atoms with Crippen LogP contribution in [0.4, 0.5) is 0 Å². The van der Waals surface area contributed by atoms with Gasteiger partial charge in [0.15, 0.2) is 0 Å². The van der Waals surface area contributed by atoms with Gasteiger partial charge in [0, 0.05) is 20.0 Å². The molecule has 2 amide bonds. The van der Waals surface area contributed by atoms with Gasteiger partial charge in [-0.1, -0.05) is 60.5 Å². The summed E-state index contributed by atoms with van der Waals surface area (Å²) >= 11 is 12.1. The van der Waals surface area contributed by atoms with E-state index in [-0.39, 0.29) is 11.8 Å². The van der Waals surface area contributed by atoms with Gasteiger partial charge in [-0.15, -0.1) is 0 Å². The number of nitrogens with one attached hydrogen (secondary N) is 1. The highest BCUT2D eigenvalue weighted by molar-refractivity contribution is 6.42. The lowest BCUT2D eigenvalue weighted by Gasteiger charge is -2.28. The maximum atomic E-state index is 12.9. The Morgan fingerprint density at radius 1 is 1.00 bits per heavy atom. The lowest BCUT2D eigenvalue weighted by Crippen LogP contribution is -2.46. The van der Waals surface area contributed by atoms with Crippen molar-refractivity contribution >= 4 is 35.0 Å². The van der Waals surface area contributed by atoms with Gasteiger partial charge in [-0.2, -0.15) is 0 Å². The molecule has 150 valence electrons. The number of nitrogens with zero attached hydrogens (tertiary/aromatic N) is 1. The Kier molecular flexibility index (Phi) is 8.34. The smallest absolute Gasteiger partial charge is 0.242 e. The SMILES string of the molecule is CCc1ccc(CCC(=O)N(Cc2ccc(Cl)c(Cl)c2)[C@@H](C)C(=O)NC)cc1. The maximum Gasteiger partial charge on any atom is 0.242 e. The van der Waals surface area contributed by atoms with Gasteiger partial charge < -0.3 is 10.2 Å². The Morgan fingerprint density at radius 3 is 2.18 bits per heavy atom. The van der Waals surface area contributed by atoms with Gasteiger partial charge in [-0.3, -0.25) is 9.59 Å². The van der Waals surface area contributed by atoms with Crippen LogP contribution in [-0.2, 0) is 29.0 Å². The topological polar surface area (TPSA) is 49.4 Å². The number of amides is 2. The average Bonchev–Trinajstić information content (AvgIpc) is 2.72. The third-order valence-electron chi connectivity index (χ3n) is 4.81. The zero-order valence-electron chi connectivity index (χ0n) is 16.5. The van der Waals surface area contributed by atoms with Crippen LogP contribution >= 0.6 is 23.2 Å². The second-order valence-electron chi connectivity index (χ2n) is 6.73. The Hall–Kier alpha value is -2.04. The van der Waals surface area contributed by atoms with E-state index in [0.29, 0.717) is 29.4 Å². The molecule has 0 heterocycles. The van der Waals surface area contributed by atoms with Gasteiger partial charge in [0.25, 0.3) is 0 Å². The monoisotopic (exact) mass is 420 g/mol. The third kappa shape index (κ3) is 5.98. The molecule has 6 heteroatoms. The molecule has 1 atom stereocenters. The standard InChI is InChI=1S/C22H26Cl2N2O2/c1-4-16-5-7-17(8-6-16)10-12-21(27)26(15(2)22(28)25-3)14-18-9-11-19(23)20(24)13-18/h5-9,11,13,15H,4,10,12,14H2,1-3H3,(H,25,28)/t15-/m0/s1. The molecule has 0 bridgehead atoms. The van der Waals surface area contributed by atoms with Gasteiger partial charge in [-0.05, 0) is 48.6 Å². The highest BCUT2D eigenvalue weighted by atomic mass is 35.5. The van der Waals surface area contributed by atoms with E-state index in [2.05, 4.69) is 36.5 Å². The lowest BCUT2D eigenvalue weighted by atomic mass is 10.0. The van der Waals surface area contributed by atoms with Crippen LogP contribution in [-0.4, -0.2) is 29.8 Å². The van der Waals surface area contributed by atoms with Crippen LogP contribution in [0.1, 0.15) is 37.0 Å². The molecule has 0 aromatic heterocycles. The number of carbonyl (C=O) groups excluding carboxylic acids is 2. The van der Waals surface area contributed by atoms with Crippen molar-refractivity contribution in [1.29, 1.82) is 0 Å². The molecule has 0 fully saturated rings. The van der Waals surface area contributed by atoms with Crippen LogP contribution in [0.2, 0.25) is 10.0 Å². The fraction of sp³-hybridized carbons (Fsp3) is 0.364. The predicted octanol–water partition coefficient (Wildman–Crippen LogP) is 4.65. The molecular formula is C22H26Cl2N2O2. The lowest BCUT2D eigenvalue weighted by molar-refractivity contribution is -0.140. The largest absolute Gasteiger partial charge is 0.357 e. The molecule has 0 saturated carbocycles. The minimum atomic E-state index is -0.588. The van der Waals surface area contributed by atoms with Crippen molar-refractivity contribution in [1.82, 2.24) is 10.2 Å². The van der Waals surface area contributed by atoms with Crippen molar-refractivity contribution in [2.24, 2.45) is 0 Å². The van der Waals surface area contributed by atoms with E-state index in [1.54, 1.807) is 31.0 Å².